The Morgan fingerprint density at radius 2 is 1.90 bits per heavy atom. The third kappa shape index (κ3) is 3.63. The van der Waals surface area contributed by atoms with E-state index in [9.17, 15) is 13.6 Å². The molecule has 0 saturated carbocycles. The summed E-state index contributed by atoms with van der Waals surface area (Å²) in [6.45, 7) is 3.51. The number of carbonyl (C=O) groups excluding carboxylic acids is 1. The van der Waals surface area contributed by atoms with E-state index in [1.54, 1.807) is 13.8 Å². The van der Waals surface area contributed by atoms with Gasteiger partial charge in [-0.05, 0) is 17.7 Å². The van der Waals surface area contributed by atoms with Gasteiger partial charge in [0, 0.05) is 24.5 Å². The van der Waals surface area contributed by atoms with Crippen LogP contribution in [0.4, 0.5) is 14.6 Å². The molecule has 4 nitrogen and oxygen atoms in total. The molecule has 1 aromatic carbocycles. The number of anilines is 1. The third-order valence-corrected chi connectivity index (χ3v) is 2.64. The molecule has 0 aliphatic heterocycles. The molecule has 106 valence electrons. The summed E-state index contributed by atoms with van der Waals surface area (Å²) in [5.74, 6) is -0.945. The van der Waals surface area contributed by atoms with Gasteiger partial charge in [0.1, 0.15) is 17.4 Å². The molecule has 6 heteroatoms. The van der Waals surface area contributed by atoms with E-state index in [1.165, 1.54) is 18.2 Å². The van der Waals surface area contributed by atoms with Crippen molar-refractivity contribution in [2.45, 2.75) is 20.3 Å². The van der Waals surface area contributed by atoms with Gasteiger partial charge in [0.05, 0.1) is 0 Å². The van der Waals surface area contributed by atoms with Gasteiger partial charge in [-0.25, -0.2) is 8.78 Å². The SMILES string of the molecule is CC(C)C(=O)Nc1cc(Cc2cc(F)cc(F)c2)on1. The molecule has 0 aliphatic rings. The zero-order chi connectivity index (χ0) is 14.7. The van der Waals surface area contributed by atoms with Crippen molar-refractivity contribution in [2.75, 3.05) is 5.32 Å². The van der Waals surface area contributed by atoms with Gasteiger partial charge < -0.3 is 9.84 Å². The van der Waals surface area contributed by atoms with Crippen LogP contribution in [-0.2, 0) is 11.2 Å². The maximum absolute atomic E-state index is 13.1. The Morgan fingerprint density at radius 1 is 1.25 bits per heavy atom. The van der Waals surface area contributed by atoms with Crippen LogP contribution in [0, 0.1) is 17.6 Å². The number of benzene rings is 1. The Kier molecular flexibility index (Phi) is 4.12. The molecule has 0 radical (unpaired) electrons. The smallest absolute Gasteiger partial charge is 0.228 e. The lowest BCUT2D eigenvalue weighted by Gasteiger charge is -2.02. The minimum atomic E-state index is -0.646. The number of amides is 1. The first-order valence-corrected chi connectivity index (χ1v) is 6.15. The molecule has 1 amide bonds. The summed E-state index contributed by atoms with van der Waals surface area (Å²) in [6, 6.07) is 4.78. The first-order valence-electron chi connectivity index (χ1n) is 6.15. The molecule has 2 rings (SSSR count). The van der Waals surface area contributed by atoms with Crippen molar-refractivity contribution in [1.29, 1.82) is 0 Å². The second-order valence-electron chi connectivity index (χ2n) is 4.78. The number of rotatable bonds is 4. The monoisotopic (exact) mass is 280 g/mol. The number of nitrogens with zero attached hydrogens (tertiary/aromatic N) is 1. The second kappa shape index (κ2) is 5.81. The Bertz CT molecular complexity index is 603. The average Bonchev–Trinajstić information content (AvgIpc) is 2.74. The maximum Gasteiger partial charge on any atom is 0.228 e. The maximum atomic E-state index is 13.1. The number of halogens is 2. The lowest BCUT2D eigenvalue weighted by molar-refractivity contribution is -0.118. The minimum absolute atomic E-state index is 0.174. The van der Waals surface area contributed by atoms with Crippen LogP contribution in [0.3, 0.4) is 0 Å². The van der Waals surface area contributed by atoms with Crippen molar-refractivity contribution in [3.05, 3.63) is 47.2 Å². The highest BCUT2D eigenvalue weighted by Crippen LogP contribution is 2.16. The fraction of sp³-hybridized carbons (Fsp3) is 0.286. The van der Waals surface area contributed by atoms with Gasteiger partial charge in [-0.1, -0.05) is 19.0 Å². The van der Waals surface area contributed by atoms with Crippen molar-refractivity contribution in [3.8, 4) is 0 Å². The van der Waals surface area contributed by atoms with E-state index >= 15 is 0 Å². The van der Waals surface area contributed by atoms with Crippen LogP contribution in [0.5, 0.6) is 0 Å². The van der Waals surface area contributed by atoms with E-state index in [2.05, 4.69) is 10.5 Å². The fourth-order valence-electron chi connectivity index (χ4n) is 1.64. The van der Waals surface area contributed by atoms with E-state index < -0.39 is 11.6 Å². The molecule has 0 aliphatic carbocycles. The molecule has 0 spiro atoms. The van der Waals surface area contributed by atoms with E-state index in [0.29, 0.717) is 11.3 Å². The van der Waals surface area contributed by atoms with Crippen molar-refractivity contribution in [2.24, 2.45) is 5.92 Å². The van der Waals surface area contributed by atoms with Crippen LogP contribution in [0.15, 0.2) is 28.8 Å². The number of hydrogen-bond acceptors (Lipinski definition) is 3. The lowest BCUT2D eigenvalue weighted by atomic mass is 10.1. The molecule has 1 N–H and O–H groups in total. The van der Waals surface area contributed by atoms with E-state index in [-0.39, 0.29) is 24.1 Å². The number of carbonyl (C=O) groups is 1. The van der Waals surface area contributed by atoms with Crippen LogP contribution in [0.2, 0.25) is 0 Å². The summed E-state index contributed by atoms with van der Waals surface area (Å²) < 4.78 is 31.1. The molecule has 0 saturated heterocycles. The minimum Gasteiger partial charge on any atom is -0.359 e. The van der Waals surface area contributed by atoms with Crippen LogP contribution in [0.25, 0.3) is 0 Å². The highest BCUT2D eigenvalue weighted by Gasteiger charge is 2.11. The van der Waals surface area contributed by atoms with Gasteiger partial charge in [-0.15, -0.1) is 0 Å². The Hall–Kier alpha value is -2.24. The summed E-state index contributed by atoms with van der Waals surface area (Å²) in [4.78, 5) is 11.5. The molecular weight excluding hydrogens is 266 g/mol. The van der Waals surface area contributed by atoms with Gasteiger partial charge in [-0.3, -0.25) is 4.79 Å². The van der Waals surface area contributed by atoms with Crippen LogP contribution < -0.4 is 5.32 Å². The van der Waals surface area contributed by atoms with Crippen LogP contribution in [-0.4, -0.2) is 11.1 Å². The van der Waals surface area contributed by atoms with Gasteiger partial charge in [0.15, 0.2) is 5.82 Å². The quantitative estimate of drug-likeness (QED) is 0.936. The lowest BCUT2D eigenvalue weighted by Crippen LogP contribution is -2.17. The number of hydrogen-bond donors (Lipinski definition) is 1. The van der Waals surface area contributed by atoms with E-state index in [4.69, 9.17) is 4.52 Å². The summed E-state index contributed by atoms with van der Waals surface area (Å²) in [7, 11) is 0. The van der Waals surface area contributed by atoms with Crippen LogP contribution >= 0.6 is 0 Å². The average molecular weight is 280 g/mol. The Morgan fingerprint density at radius 3 is 2.50 bits per heavy atom. The molecule has 1 aromatic heterocycles. The largest absolute Gasteiger partial charge is 0.359 e. The summed E-state index contributed by atoms with van der Waals surface area (Å²) >= 11 is 0. The van der Waals surface area contributed by atoms with Crippen molar-refractivity contribution < 1.29 is 18.1 Å². The third-order valence-electron chi connectivity index (χ3n) is 2.64. The molecule has 0 bridgehead atoms. The van der Waals surface area contributed by atoms with E-state index in [0.717, 1.165) is 6.07 Å². The second-order valence-corrected chi connectivity index (χ2v) is 4.78. The topological polar surface area (TPSA) is 55.1 Å². The van der Waals surface area contributed by atoms with Crippen molar-refractivity contribution >= 4 is 11.7 Å². The highest BCUT2D eigenvalue weighted by molar-refractivity contribution is 5.91. The zero-order valence-corrected chi connectivity index (χ0v) is 11.1. The molecule has 20 heavy (non-hydrogen) atoms. The summed E-state index contributed by atoms with van der Waals surface area (Å²) in [5, 5.41) is 6.26. The zero-order valence-electron chi connectivity index (χ0n) is 11.1. The van der Waals surface area contributed by atoms with Crippen molar-refractivity contribution in [1.82, 2.24) is 5.16 Å². The molecule has 0 fully saturated rings. The summed E-state index contributed by atoms with van der Waals surface area (Å²) in [6.07, 6.45) is 0.194. The molecular formula is C14H14F2N2O2. The molecule has 0 unspecified atom stereocenters. The standard InChI is InChI=1S/C14H14F2N2O2/c1-8(2)14(19)17-13-7-12(20-18-13)5-9-3-10(15)6-11(16)4-9/h3-4,6-8H,5H2,1-2H3,(H,17,18,19). The number of nitrogens with one attached hydrogen (secondary N) is 1. The van der Waals surface area contributed by atoms with Gasteiger partial charge in [-0.2, -0.15) is 0 Å². The Labute approximate surface area is 114 Å². The predicted molar refractivity (Wildman–Crippen MR) is 69.1 cm³/mol. The first-order chi connectivity index (χ1) is 9.44. The molecule has 0 atom stereocenters. The van der Waals surface area contributed by atoms with E-state index in [1.807, 2.05) is 0 Å². The molecule has 2 aromatic rings. The van der Waals surface area contributed by atoms with Crippen molar-refractivity contribution in [3.63, 3.8) is 0 Å². The number of aromatic nitrogens is 1. The van der Waals surface area contributed by atoms with Gasteiger partial charge in [0.25, 0.3) is 0 Å². The highest BCUT2D eigenvalue weighted by atomic mass is 19.1. The molecule has 1 heterocycles. The fourth-order valence-corrected chi connectivity index (χ4v) is 1.64. The Balaban J connectivity index is 2.07. The van der Waals surface area contributed by atoms with Gasteiger partial charge in [0.2, 0.25) is 5.91 Å². The summed E-state index contributed by atoms with van der Waals surface area (Å²) in [5.41, 5.74) is 0.431. The predicted octanol–water partition coefficient (Wildman–Crippen LogP) is 3.14. The first kappa shape index (κ1) is 14.2. The van der Waals surface area contributed by atoms with Gasteiger partial charge >= 0.3 is 0 Å². The normalized spacial score (nSPS) is 10.8. The van der Waals surface area contributed by atoms with Crippen LogP contribution in [0.1, 0.15) is 25.2 Å².